The third-order valence-corrected chi connectivity index (χ3v) is 2.39. The molecule has 0 aliphatic heterocycles. The summed E-state index contributed by atoms with van der Waals surface area (Å²) in [4.78, 5) is 14.4. The van der Waals surface area contributed by atoms with Gasteiger partial charge in [-0.1, -0.05) is 11.6 Å². The molecule has 0 amide bonds. The minimum Gasteiger partial charge on any atom is -0.467 e. The normalized spacial score (nSPS) is 12.9. The Balaban J connectivity index is 2.73. The van der Waals surface area contributed by atoms with Gasteiger partial charge in [-0.25, -0.2) is 9.78 Å². The van der Waals surface area contributed by atoms with Crippen LogP contribution in [0.15, 0.2) is 12.3 Å². The maximum Gasteiger partial charge on any atom is 0.417 e. The average molecular weight is 299 g/mol. The number of aliphatic hydroxyl groups is 1. The molecule has 1 aromatic heterocycles. The number of anilines is 1. The van der Waals surface area contributed by atoms with Gasteiger partial charge in [0.2, 0.25) is 0 Å². The van der Waals surface area contributed by atoms with Gasteiger partial charge in [-0.3, -0.25) is 0 Å². The molecular weight excluding hydrogens is 289 g/mol. The second kappa shape index (κ2) is 6.07. The fourth-order valence-electron chi connectivity index (χ4n) is 1.14. The molecule has 2 N–H and O–H groups in total. The Morgan fingerprint density at radius 1 is 1.63 bits per heavy atom. The van der Waals surface area contributed by atoms with E-state index in [9.17, 15) is 23.1 Å². The Morgan fingerprint density at radius 3 is 2.74 bits per heavy atom. The molecule has 0 aromatic carbocycles. The predicted molar refractivity (Wildman–Crippen MR) is 60.8 cm³/mol. The van der Waals surface area contributed by atoms with Crippen LogP contribution < -0.4 is 5.32 Å². The van der Waals surface area contributed by atoms with Gasteiger partial charge >= 0.3 is 12.1 Å². The number of carbonyl (C=O) groups is 1. The highest BCUT2D eigenvalue weighted by atomic mass is 35.5. The smallest absolute Gasteiger partial charge is 0.417 e. The number of hydrogen-bond donors (Lipinski definition) is 2. The number of aromatic nitrogens is 1. The van der Waals surface area contributed by atoms with Gasteiger partial charge in [0.05, 0.1) is 24.2 Å². The van der Waals surface area contributed by atoms with Gasteiger partial charge in [0.15, 0.2) is 6.10 Å². The van der Waals surface area contributed by atoms with Crippen LogP contribution in [0.1, 0.15) is 5.56 Å². The van der Waals surface area contributed by atoms with Crippen LogP contribution in [0.25, 0.3) is 0 Å². The number of ether oxygens (including phenoxy) is 1. The van der Waals surface area contributed by atoms with E-state index < -0.39 is 23.8 Å². The number of aliphatic hydroxyl groups excluding tert-OH is 1. The summed E-state index contributed by atoms with van der Waals surface area (Å²) in [5, 5.41) is 11.4. The number of nitrogens with one attached hydrogen (secondary N) is 1. The zero-order chi connectivity index (χ0) is 14.6. The molecule has 0 spiro atoms. The molecule has 9 heteroatoms. The lowest BCUT2D eigenvalue weighted by Gasteiger charge is -2.12. The highest BCUT2D eigenvalue weighted by Gasteiger charge is 2.31. The number of halogens is 4. The predicted octanol–water partition coefficient (Wildman–Crippen LogP) is 1.70. The Hall–Kier alpha value is -1.54. The summed E-state index contributed by atoms with van der Waals surface area (Å²) in [6, 6.07) is 0.696. The summed E-state index contributed by atoms with van der Waals surface area (Å²) in [6.07, 6.45) is -5.41. The molecule has 1 heterocycles. The van der Waals surface area contributed by atoms with E-state index in [2.05, 4.69) is 15.0 Å². The van der Waals surface area contributed by atoms with Crippen LogP contribution in [0.3, 0.4) is 0 Å². The van der Waals surface area contributed by atoms with Crippen LogP contribution >= 0.6 is 11.6 Å². The van der Waals surface area contributed by atoms with E-state index in [0.29, 0.717) is 12.3 Å². The van der Waals surface area contributed by atoms with Gasteiger partial charge in [-0.15, -0.1) is 0 Å². The molecule has 0 saturated heterocycles. The molecule has 0 saturated carbocycles. The summed E-state index contributed by atoms with van der Waals surface area (Å²) in [7, 11) is 1.09. The first-order valence-electron chi connectivity index (χ1n) is 4.98. The van der Waals surface area contributed by atoms with Crippen LogP contribution in [0.5, 0.6) is 0 Å². The molecule has 0 unspecified atom stereocenters. The highest BCUT2D eigenvalue weighted by Crippen LogP contribution is 2.32. The van der Waals surface area contributed by atoms with Gasteiger partial charge < -0.3 is 15.2 Å². The van der Waals surface area contributed by atoms with Crippen LogP contribution in [0.2, 0.25) is 5.02 Å². The summed E-state index contributed by atoms with van der Waals surface area (Å²) >= 11 is 5.61. The monoisotopic (exact) mass is 298 g/mol. The lowest BCUT2D eigenvalue weighted by molar-refractivity contribution is -0.149. The molecule has 0 radical (unpaired) electrons. The second-order valence-corrected chi connectivity index (χ2v) is 3.88. The van der Waals surface area contributed by atoms with Crippen molar-refractivity contribution < 1.29 is 27.8 Å². The van der Waals surface area contributed by atoms with Crippen molar-refractivity contribution in [1.82, 2.24) is 4.98 Å². The number of methoxy groups -OCH3 is 1. The first-order chi connectivity index (χ1) is 8.75. The maximum absolute atomic E-state index is 12.3. The number of esters is 1. The summed E-state index contributed by atoms with van der Waals surface area (Å²) in [5.74, 6) is -0.951. The van der Waals surface area contributed by atoms with E-state index in [1.165, 1.54) is 0 Å². The van der Waals surface area contributed by atoms with Crippen molar-refractivity contribution in [2.75, 3.05) is 19.0 Å². The van der Waals surface area contributed by atoms with Crippen molar-refractivity contribution >= 4 is 23.4 Å². The number of alkyl halides is 3. The van der Waals surface area contributed by atoms with Crippen molar-refractivity contribution in [3.05, 3.63) is 22.8 Å². The molecule has 1 aromatic rings. The van der Waals surface area contributed by atoms with E-state index in [1.54, 1.807) is 0 Å². The van der Waals surface area contributed by atoms with Gasteiger partial charge in [0.1, 0.15) is 5.82 Å². The average Bonchev–Trinajstić information content (AvgIpc) is 2.34. The highest BCUT2D eigenvalue weighted by molar-refractivity contribution is 6.32. The summed E-state index contributed by atoms with van der Waals surface area (Å²) in [6.45, 7) is -0.287. The first kappa shape index (κ1) is 15.5. The zero-order valence-electron chi connectivity index (χ0n) is 9.66. The molecule has 19 heavy (non-hydrogen) atoms. The van der Waals surface area contributed by atoms with E-state index in [0.717, 1.165) is 7.11 Å². The van der Waals surface area contributed by atoms with Crippen molar-refractivity contribution in [2.45, 2.75) is 12.3 Å². The standard InChI is InChI=1S/C10H10ClF3N2O3/c1-19-9(18)7(17)4-16-8-6(11)2-5(3-15-8)10(12,13)14/h2-3,7,17H,4H2,1H3,(H,15,16)/t7-/m0/s1. The van der Waals surface area contributed by atoms with E-state index in [1.807, 2.05) is 0 Å². The Morgan fingerprint density at radius 2 is 2.26 bits per heavy atom. The molecule has 106 valence electrons. The molecule has 0 aliphatic rings. The SMILES string of the molecule is COC(=O)[C@@H](O)CNc1ncc(C(F)(F)F)cc1Cl. The van der Waals surface area contributed by atoms with Crippen molar-refractivity contribution in [3.63, 3.8) is 0 Å². The Labute approximate surface area is 111 Å². The second-order valence-electron chi connectivity index (χ2n) is 3.47. The number of nitrogens with zero attached hydrogens (tertiary/aromatic N) is 1. The molecule has 0 bridgehead atoms. The van der Waals surface area contributed by atoms with Gasteiger partial charge in [-0.05, 0) is 6.07 Å². The fraction of sp³-hybridized carbons (Fsp3) is 0.400. The number of carbonyl (C=O) groups excluding carboxylic acids is 1. The Bertz CT molecular complexity index is 468. The minimum absolute atomic E-state index is 0.0716. The van der Waals surface area contributed by atoms with Crippen LogP contribution in [-0.2, 0) is 15.7 Å². The zero-order valence-corrected chi connectivity index (χ0v) is 10.4. The molecule has 1 atom stereocenters. The molecule has 0 fully saturated rings. The van der Waals surface area contributed by atoms with E-state index >= 15 is 0 Å². The maximum atomic E-state index is 12.3. The summed E-state index contributed by atoms with van der Waals surface area (Å²) in [5.41, 5.74) is -0.989. The van der Waals surface area contributed by atoms with Crippen LogP contribution in [0, 0.1) is 0 Å². The number of rotatable bonds is 4. The van der Waals surface area contributed by atoms with E-state index in [4.69, 9.17) is 11.6 Å². The number of pyridine rings is 1. The first-order valence-corrected chi connectivity index (χ1v) is 5.36. The molecule has 1 rings (SSSR count). The molecular formula is C10H10ClF3N2O3. The molecule has 5 nitrogen and oxygen atoms in total. The van der Waals surface area contributed by atoms with E-state index in [-0.39, 0.29) is 17.4 Å². The fourth-order valence-corrected chi connectivity index (χ4v) is 1.37. The van der Waals surface area contributed by atoms with Crippen molar-refractivity contribution in [1.29, 1.82) is 0 Å². The molecule has 0 aliphatic carbocycles. The third kappa shape index (κ3) is 4.25. The lowest BCUT2D eigenvalue weighted by Crippen LogP contribution is -2.29. The third-order valence-electron chi connectivity index (χ3n) is 2.10. The van der Waals surface area contributed by atoms with Crippen molar-refractivity contribution in [2.24, 2.45) is 0 Å². The quantitative estimate of drug-likeness (QED) is 0.828. The van der Waals surface area contributed by atoms with Crippen LogP contribution in [0.4, 0.5) is 19.0 Å². The Kier molecular flexibility index (Phi) is 4.96. The minimum atomic E-state index is -4.54. The van der Waals surface area contributed by atoms with Gasteiger partial charge in [0.25, 0.3) is 0 Å². The van der Waals surface area contributed by atoms with Gasteiger partial charge in [0, 0.05) is 6.20 Å². The van der Waals surface area contributed by atoms with Crippen molar-refractivity contribution in [3.8, 4) is 0 Å². The topological polar surface area (TPSA) is 71.5 Å². The van der Waals surface area contributed by atoms with Gasteiger partial charge in [-0.2, -0.15) is 13.2 Å². The number of hydrogen-bond acceptors (Lipinski definition) is 5. The summed E-state index contributed by atoms with van der Waals surface area (Å²) < 4.78 is 41.3. The largest absolute Gasteiger partial charge is 0.467 e. The van der Waals surface area contributed by atoms with Crippen LogP contribution in [-0.4, -0.2) is 35.8 Å². The lowest BCUT2D eigenvalue weighted by atomic mass is 10.2.